The second-order valence-electron chi connectivity index (χ2n) is 7.92. The maximum atomic E-state index is 12.8. The van der Waals surface area contributed by atoms with Gasteiger partial charge in [0.15, 0.2) is 0 Å². The van der Waals surface area contributed by atoms with E-state index in [-0.39, 0.29) is 23.1 Å². The number of halogens is 1. The zero-order valence-corrected chi connectivity index (χ0v) is 20.0. The van der Waals surface area contributed by atoms with Crippen LogP contribution in [0.4, 0.5) is 11.4 Å². The van der Waals surface area contributed by atoms with Gasteiger partial charge in [-0.25, -0.2) is 9.59 Å². The van der Waals surface area contributed by atoms with E-state index in [1.807, 2.05) is 24.8 Å². The van der Waals surface area contributed by atoms with E-state index in [9.17, 15) is 14.4 Å². The Labute approximate surface area is 198 Å². The molecule has 0 atom stereocenters. The Kier molecular flexibility index (Phi) is 7.81. The zero-order chi connectivity index (χ0) is 24.1. The quantitative estimate of drug-likeness (QED) is 0.608. The predicted octanol–water partition coefficient (Wildman–Crippen LogP) is 3.13. The first-order chi connectivity index (χ1) is 15.8. The van der Waals surface area contributed by atoms with Gasteiger partial charge in [-0.15, -0.1) is 0 Å². The smallest absolute Gasteiger partial charge is 0.355 e. The van der Waals surface area contributed by atoms with Crippen molar-refractivity contribution in [3.63, 3.8) is 0 Å². The normalized spacial score (nSPS) is 16.2. The minimum atomic E-state index is -0.690. The van der Waals surface area contributed by atoms with Gasteiger partial charge in [0.25, 0.3) is 0 Å². The lowest BCUT2D eigenvalue weighted by Crippen LogP contribution is -2.50. The first-order valence-corrected chi connectivity index (χ1v) is 11.0. The number of methoxy groups -OCH3 is 2. The highest BCUT2D eigenvalue weighted by atomic mass is 35.5. The SMILES string of the molecule is COC(=O)C1=C(C(=O)OC)N(c2cc(Cl)ccc2N2CCN(C(=O)C(C)C)CC2)C=CC=C1. The second-order valence-corrected chi connectivity index (χ2v) is 8.35. The van der Waals surface area contributed by atoms with Crippen LogP contribution in [-0.2, 0) is 23.9 Å². The standard InChI is InChI=1S/C24H28ClN3O5/c1-16(2)22(29)27-13-11-26(12-14-27)19-9-8-17(25)15-20(19)28-10-6-5-7-18(23(30)32-3)21(28)24(31)33-4/h5-10,15-16H,11-14H2,1-4H3. The molecule has 0 aliphatic carbocycles. The molecule has 9 heteroatoms. The largest absolute Gasteiger partial charge is 0.465 e. The van der Waals surface area contributed by atoms with Crippen molar-refractivity contribution < 1.29 is 23.9 Å². The van der Waals surface area contributed by atoms with Crippen LogP contribution in [0.5, 0.6) is 0 Å². The molecule has 1 fully saturated rings. The van der Waals surface area contributed by atoms with Gasteiger partial charge in [0, 0.05) is 43.3 Å². The van der Waals surface area contributed by atoms with Crippen LogP contribution < -0.4 is 9.80 Å². The van der Waals surface area contributed by atoms with Gasteiger partial charge in [0.1, 0.15) is 5.70 Å². The molecule has 1 aromatic carbocycles. The van der Waals surface area contributed by atoms with E-state index < -0.39 is 11.9 Å². The first-order valence-electron chi connectivity index (χ1n) is 10.7. The fourth-order valence-corrected chi connectivity index (χ4v) is 4.01. The number of anilines is 2. The maximum absolute atomic E-state index is 12.8. The number of rotatable bonds is 5. The molecule has 0 unspecified atom stereocenters. The molecule has 0 N–H and O–H groups in total. The molecule has 2 heterocycles. The van der Waals surface area contributed by atoms with Crippen molar-refractivity contribution in [1.82, 2.24) is 4.90 Å². The van der Waals surface area contributed by atoms with Gasteiger partial charge < -0.3 is 24.2 Å². The number of allylic oxidation sites excluding steroid dienone is 2. The molecule has 1 saturated heterocycles. The number of ether oxygens (including phenoxy) is 2. The Morgan fingerprint density at radius 1 is 0.939 bits per heavy atom. The van der Waals surface area contributed by atoms with Crippen molar-refractivity contribution in [1.29, 1.82) is 0 Å². The monoisotopic (exact) mass is 473 g/mol. The molecule has 1 aromatic rings. The molecular weight excluding hydrogens is 446 g/mol. The van der Waals surface area contributed by atoms with Crippen LogP contribution in [0, 0.1) is 5.92 Å². The number of nitrogens with zero attached hydrogens (tertiary/aromatic N) is 3. The molecule has 1 amide bonds. The fourth-order valence-electron chi connectivity index (χ4n) is 3.84. The van der Waals surface area contributed by atoms with Crippen LogP contribution in [0.3, 0.4) is 0 Å². The minimum Gasteiger partial charge on any atom is -0.465 e. The van der Waals surface area contributed by atoms with Gasteiger partial charge in [-0.2, -0.15) is 0 Å². The molecule has 2 aliphatic rings. The highest BCUT2D eigenvalue weighted by Gasteiger charge is 2.31. The Hall–Kier alpha value is -3.26. The van der Waals surface area contributed by atoms with Gasteiger partial charge in [-0.3, -0.25) is 4.79 Å². The van der Waals surface area contributed by atoms with Crippen LogP contribution in [0.1, 0.15) is 13.8 Å². The van der Waals surface area contributed by atoms with Crippen LogP contribution in [0.25, 0.3) is 0 Å². The summed E-state index contributed by atoms with van der Waals surface area (Å²) in [6.07, 6.45) is 6.54. The molecule has 0 bridgehead atoms. The Morgan fingerprint density at radius 3 is 2.21 bits per heavy atom. The van der Waals surface area contributed by atoms with Gasteiger partial charge in [0.05, 0.1) is 31.2 Å². The van der Waals surface area contributed by atoms with E-state index in [2.05, 4.69) is 4.90 Å². The maximum Gasteiger partial charge on any atom is 0.355 e. The average molecular weight is 474 g/mol. The Bertz CT molecular complexity index is 1020. The van der Waals surface area contributed by atoms with Crippen LogP contribution in [-0.4, -0.2) is 63.1 Å². The summed E-state index contributed by atoms with van der Waals surface area (Å²) in [5.41, 5.74) is 1.50. The second kappa shape index (κ2) is 10.6. The molecule has 176 valence electrons. The summed E-state index contributed by atoms with van der Waals surface area (Å²) >= 11 is 6.34. The first kappa shape index (κ1) is 24.4. The topological polar surface area (TPSA) is 79.4 Å². The highest BCUT2D eigenvalue weighted by molar-refractivity contribution is 6.31. The van der Waals surface area contributed by atoms with Crippen LogP contribution >= 0.6 is 11.6 Å². The highest BCUT2D eigenvalue weighted by Crippen LogP contribution is 2.37. The lowest BCUT2D eigenvalue weighted by Gasteiger charge is -2.38. The van der Waals surface area contributed by atoms with Gasteiger partial charge in [-0.1, -0.05) is 31.5 Å². The number of carbonyl (C=O) groups excluding carboxylic acids is 3. The third-order valence-corrected chi connectivity index (χ3v) is 5.75. The molecule has 0 spiro atoms. The number of piperazine rings is 1. The number of benzene rings is 1. The number of carbonyl (C=O) groups is 3. The number of esters is 2. The zero-order valence-electron chi connectivity index (χ0n) is 19.2. The van der Waals surface area contributed by atoms with E-state index in [0.717, 1.165) is 5.69 Å². The summed E-state index contributed by atoms with van der Waals surface area (Å²) in [6, 6.07) is 5.38. The van der Waals surface area contributed by atoms with Crippen molar-refractivity contribution >= 4 is 40.8 Å². The van der Waals surface area contributed by atoms with E-state index in [1.54, 1.807) is 35.4 Å². The summed E-state index contributed by atoms with van der Waals surface area (Å²) in [7, 11) is 2.51. The van der Waals surface area contributed by atoms with Crippen molar-refractivity contribution in [2.75, 3.05) is 50.2 Å². The molecule has 33 heavy (non-hydrogen) atoms. The van der Waals surface area contributed by atoms with E-state index >= 15 is 0 Å². The molecule has 0 aromatic heterocycles. The third kappa shape index (κ3) is 5.22. The van der Waals surface area contributed by atoms with Gasteiger partial charge >= 0.3 is 11.9 Å². The summed E-state index contributed by atoms with van der Waals surface area (Å²) < 4.78 is 9.89. The number of amides is 1. The number of hydrogen-bond donors (Lipinski definition) is 0. The van der Waals surface area contributed by atoms with E-state index in [4.69, 9.17) is 21.1 Å². The summed E-state index contributed by atoms with van der Waals surface area (Å²) in [5, 5.41) is 0.469. The molecular formula is C24H28ClN3O5. The Balaban J connectivity index is 2.04. The summed E-state index contributed by atoms with van der Waals surface area (Å²) in [6.45, 7) is 6.19. The minimum absolute atomic E-state index is 0.0199. The van der Waals surface area contributed by atoms with Crippen molar-refractivity contribution in [2.24, 2.45) is 5.92 Å². The Morgan fingerprint density at radius 2 is 1.61 bits per heavy atom. The van der Waals surface area contributed by atoms with Crippen LogP contribution in [0.15, 0.2) is 53.9 Å². The van der Waals surface area contributed by atoms with Crippen molar-refractivity contribution in [3.8, 4) is 0 Å². The average Bonchev–Trinajstić information content (AvgIpc) is 3.05. The molecule has 0 radical (unpaired) electrons. The summed E-state index contributed by atoms with van der Waals surface area (Å²) in [5.74, 6) is -1.28. The van der Waals surface area contributed by atoms with E-state index in [0.29, 0.717) is 36.9 Å². The van der Waals surface area contributed by atoms with Crippen LogP contribution in [0.2, 0.25) is 5.02 Å². The predicted molar refractivity (Wildman–Crippen MR) is 127 cm³/mol. The molecule has 2 aliphatic heterocycles. The molecule has 3 rings (SSSR count). The number of hydrogen-bond acceptors (Lipinski definition) is 7. The van der Waals surface area contributed by atoms with Crippen molar-refractivity contribution in [2.45, 2.75) is 13.8 Å². The third-order valence-electron chi connectivity index (χ3n) is 5.51. The van der Waals surface area contributed by atoms with Crippen molar-refractivity contribution in [3.05, 3.63) is 58.9 Å². The van der Waals surface area contributed by atoms with Gasteiger partial charge in [0.2, 0.25) is 5.91 Å². The fraction of sp³-hybridized carbons (Fsp3) is 0.375. The molecule has 8 nitrogen and oxygen atoms in total. The van der Waals surface area contributed by atoms with Gasteiger partial charge in [-0.05, 0) is 30.4 Å². The lowest BCUT2D eigenvalue weighted by molar-refractivity contribution is -0.139. The molecule has 0 saturated carbocycles. The summed E-state index contributed by atoms with van der Waals surface area (Å²) in [4.78, 5) is 43.2. The lowest BCUT2D eigenvalue weighted by atomic mass is 10.1. The van der Waals surface area contributed by atoms with E-state index in [1.165, 1.54) is 20.3 Å².